The Balaban J connectivity index is 1.54. The number of hydrogen-bond acceptors (Lipinski definition) is 4. The summed E-state index contributed by atoms with van der Waals surface area (Å²) in [5.74, 6) is 1.10. The summed E-state index contributed by atoms with van der Waals surface area (Å²) in [6.07, 6.45) is 0.0977. The van der Waals surface area contributed by atoms with Crippen molar-refractivity contribution in [3.63, 3.8) is 0 Å². The predicted molar refractivity (Wildman–Crippen MR) is 88.6 cm³/mol. The summed E-state index contributed by atoms with van der Waals surface area (Å²) >= 11 is 0. The molecule has 3 rings (SSSR count). The highest BCUT2D eigenvalue weighted by Gasteiger charge is 2.43. The summed E-state index contributed by atoms with van der Waals surface area (Å²) in [7, 11) is 0. The van der Waals surface area contributed by atoms with Gasteiger partial charge in [-0.2, -0.15) is 0 Å². The van der Waals surface area contributed by atoms with Gasteiger partial charge in [-0.15, -0.1) is 0 Å². The molecule has 0 radical (unpaired) electrons. The molecule has 0 N–H and O–H groups in total. The number of amides is 1. The van der Waals surface area contributed by atoms with E-state index in [9.17, 15) is 4.79 Å². The third-order valence-electron chi connectivity index (χ3n) is 4.85. The minimum Gasteiger partial charge on any atom is -0.486 e. The Hall–Kier alpha value is -1.59. The van der Waals surface area contributed by atoms with E-state index in [-0.39, 0.29) is 12.0 Å². The van der Waals surface area contributed by atoms with Crippen molar-refractivity contribution in [1.82, 2.24) is 9.80 Å². The molecule has 2 fully saturated rings. The number of likely N-dealkylation sites (tertiary alicyclic amines) is 1. The lowest BCUT2D eigenvalue weighted by atomic mass is 9.97. The van der Waals surface area contributed by atoms with Crippen molar-refractivity contribution in [2.45, 2.75) is 32.4 Å². The zero-order valence-electron chi connectivity index (χ0n) is 14.2. The quantitative estimate of drug-likeness (QED) is 0.847. The van der Waals surface area contributed by atoms with Crippen LogP contribution in [0.25, 0.3) is 0 Å². The maximum atomic E-state index is 12.8. The van der Waals surface area contributed by atoms with Gasteiger partial charge in [0.2, 0.25) is 5.91 Å². The SMILES string of the molecule is Cc1ccccc1OC1CN(C(=O)C(C)(C)N2CCOCC2)C1. The molecule has 0 unspecified atom stereocenters. The van der Waals surface area contributed by atoms with Crippen molar-refractivity contribution in [2.24, 2.45) is 0 Å². The van der Waals surface area contributed by atoms with E-state index >= 15 is 0 Å². The molecule has 126 valence electrons. The van der Waals surface area contributed by atoms with Crippen LogP contribution < -0.4 is 4.74 Å². The van der Waals surface area contributed by atoms with Crippen molar-refractivity contribution in [2.75, 3.05) is 39.4 Å². The molecular formula is C18H26N2O3. The van der Waals surface area contributed by atoms with Gasteiger partial charge in [0.25, 0.3) is 0 Å². The van der Waals surface area contributed by atoms with E-state index in [1.165, 1.54) is 0 Å². The zero-order valence-corrected chi connectivity index (χ0v) is 14.2. The fourth-order valence-electron chi connectivity index (χ4n) is 3.19. The Bertz CT molecular complexity index is 561. The van der Waals surface area contributed by atoms with Crippen LogP contribution in [0.1, 0.15) is 19.4 Å². The number of ether oxygens (including phenoxy) is 2. The number of benzene rings is 1. The highest BCUT2D eigenvalue weighted by atomic mass is 16.5. The molecule has 2 aliphatic heterocycles. The molecule has 5 nitrogen and oxygen atoms in total. The maximum Gasteiger partial charge on any atom is 0.242 e. The second-order valence-electron chi connectivity index (χ2n) is 6.87. The van der Waals surface area contributed by atoms with Crippen LogP contribution in [0.2, 0.25) is 0 Å². The topological polar surface area (TPSA) is 42.0 Å². The fraction of sp³-hybridized carbons (Fsp3) is 0.611. The first-order chi connectivity index (χ1) is 11.0. The lowest BCUT2D eigenvalue weighted by Crippen LogP contribution is -2.65. The largest absolute Gasteiger partial charge is 0.486 e. The van der Waals surface area contributed by atoms with Crippen LogP contribution >= 0.6 is 0 Å². The molecule has 2 saturated heterocycles. The van der Waals surface area contributed by atoms with Crippen molar-refractivity contribution in [1.29, 1.82) is 0 Å². The highest BCUT2D eigenvalue weighted by molar-refractivity contribution is 5.86. The van der Waals surface area contributed by atoms with Crippen molar-refractivity contribution >= 4 is 5.91 Å². The zero-order chi connectivity index (χ0) is 16.4. The Morgan fingerprint density at radius 1 is 1.22 bits per heavy atom. The number of rotatable bonds is 4. The van der Waals surface area contributed by atoms with E-state index < -0.39 is 5.54 Å². The number of hydrogen-bond donors (Lipinski definition) is 0. The number of carbonyl (C=O) groups is 1. The smallest absolute Gasteiger partial charge is 0.242 e. The highest BCUT2D eigenvalue weighted by Crippen LogP contribution is 2.26. The lowest BCUT2D eigenvalue weighted by Gasteiger charge is -2.47. The van der Waals surface area contributed by atoms with Crippen molar-refractivity contribution in [3.05, 3.63) is 29.8 Å². The number of aryl methyl sites for hydroxylation is 1. The predicted octanol–water partition coefficient (Wildman–Crippen LogP) is 1.70. The first kappa shape index (κ1) is 16.3. The molecule has 0 saturated carbocycles. The molecule has 0 spiro atoms. The van der Waals surface area contributed by atoms with Crippen LogP contribution in [0.15, 0.2) is 24.3 Å². The number of carbonyl (C=O) groups excluding carboxylic acids is 1. The third-order valence-corrected chi connectivity index (χ3v) is 4.85. The summed E-state index contributed by atoms with van der Waals surface area (Å²) < 4.78 is 11.4. The molecule has 2 aliphatic rings. The minimum atomic E-state index is -0.475. The monoisotopic (exact) mass is 318 g/mol. The first-order valence-electron chi connectivity index (χ1n) is 8.33. The fourth-order valence-corrected chi connectivity index (χ4v) is 3.19. The average Bonchev–Trinajstić information content (AvgIpc) is 2.52. The molecule has 0 atom stereocenters. The van der Waals surface area contributed by atoms with Gasteiger partial charge in [-0.3, -0.25) is 9.69 Å². The molecule has 0 aromatic heterocycles. The van der Waals surface area contributed by atoms with E-state index in [0.29, 0.717) is 26.3 Å². The third kappa shape index (κ3) is 3.35. The lowest BCUT2D eigenvalue weighted by molar-refractivity contribution is -0.154. The van der Waals surface area contributed by atoms with E-state index in [4.69, 9.17) is 9.47 Å². The molecule has 23 heavy (non-hydrogen) atoms. The van der Waals surface area contributed by atoms with Crippen LogP contribution in [-0.4, -0.2) is 66.7 Å². The summed E-state index contributed by atoms with van der Waals surface area (Å²) in [6, 6.07) is 8.01. The molecule has 1 amide bonds. The van der Waals surface area contributed by atoms with Gasteiger partial charge in [0.05, 0.1) is 31.8 Å². The molecule has 5 heteroatoms. The van der Waals surface area contributed by atoms with Crippen LogP contribution in [0.5, 0.6) is 5.75 Å². The van der Waals surface area contributed by atoms with Gasteiger partial charge < -0.3 is 14.4 Å². The maximum absolute atomic E-state index is 12.8. The van der Waals surface area contributed by atoms with E-state index in [1.807, 2.05) is 49.9 Å². The van der Waals surface area contributed by atoms with Gasteiger partial charge in [0.15, 0.2) is 0 Å². The number of morpholine rings is 1. The van der Waals surface area contributed by atoms with Crippen molar-refractivity contribution in [3.8, 4) is 5.75 Å². The summed E-state index contributed by atoms with van der Waals surface area (Å²) in [5.41, 5.74) is 0.656. The molecular weight excluding hydrogens is 292 g/mol. The molecule has 0 bridgehead atoms. The standard InChI is InChI=1S/C18H26N2O3/c1-14-6-4-5-7-16(14)23-15-12-19(13-15)17(21)18(2,3)20-8-10-22-11-9-20/h4-7,15H,8-13H2,1-3H3. The number of para-hydroxylation sites is 1. The van der Waals surface area contributed by atoms with E-state index in [1.54, 1.807) is 0 Å². The van der Waals surface area contributed by atoms with Gasteiger partial charge in [0.1, 0.15) is 11.9 Å². The second kappa shape index (κ2) is 6.49. The first-order valence-corrected chi connectivity index (χ1v) is 8.33. The number of nitrogens with zero attached hydrogens (tertiary/aromatic N) is 2. The Labute approximate surface area is 138 Å². The van der Waals surface area contributed by atoms with Gasteiger partial charge >= 0.3 is 0 Å². The normalized spacial score (nSPS) is 20.2. The van der Waals surface area contributed by atoms with Gasteiger partial charge in [0, 0.05) is 13.1 Å². The van der Waals surface area contributed by atoms with E-state index in [0.717, 1.165) is 24.4 Å². The van der Waals surface area contributed by atoms with Gasteiger partial charge in [-0.25, -0.2) is 0 Å². The van der Waals surface area contributed by atoms with Crippen LogP contribution in [-0.2, 0) is 9.53 Å². The Morgan fingerprint density at radius 2 is 1.87 bits per heavy atom. The van der Waals surface area contributed by atoms with Crippen LogP contribution in [0.3, 0.4) is 0 Å². The minimum absolute atomic E-state index is 0.0977. The van der Waals surface area contributed by atoms with Gasteiger partial charge in [-0.1, -0.05) is 18.2 Å². The van der Waals surface area contributed by atoms with Gasteiger partial charge in [-0.05, 0) is 32.4 Å². The Kier molecular flexibility index (Phi) is 4.60. The van der Waals surface area contributed by atoms with Crippen LogP contribution in [0.4, 0.5) is 0 Å². The van der Waals surface area contributed by atoms with Crippen molar-refractivity contribution < 1.29 is 14.3 Å². The van der Waals surface area contributed by atoms with Crippen LogP contribution in [0, 0.1) is 6.92 Å². The summed E-state index contributed by atoms with van der Waals surface area (Å²) in [6.45, 7) is 10.4. The summed E-state index contributed by atoms with van der Waals surface area (Å²) in [4.78, 5) is 16.9. The Morgan fingerprint density at radius 3 is 2.52 bits per heavy atom. The molecule has 2 heterocycles. The van der Waals surface area contributed by atoms with E-state index in [2.05, 4.69) is 4.90 Å². The second-order valence-corrected chi connectivity index (χ2v) is 6.87. The molecule has 0 aliphatic carbocycles. The summed E-state index contributed by atoms with van der Waals surface area (Å²) in [5, 5.41) is 0. The average molecular weight is 318 g/mol. The molecule has 1 aromatic carbocycles. The molecule has 1 aromatic rings.